The molecule has 0 aromatic heterocycles. The molecule has 0 fully saturated rings. The number of Topliss-reactive ketones (excluding diaryl/α,β-unsaturated/α-hetero) is 2. The van der Waals surface area contributed by atoms with Gasteiger partial charge in [-0.1, -0.05) is 36.3 Å². The molecule has 0 unspecified atom stereocenters. The van der Waals surface area contributed by atoms with Crippen LogP contribution in [0.1, 0.15) is 62.5 Å². The number of nitrogens with zero attached hydrogens (tertiary/aromatic N) is 1. The summed E-state index contributed by atoms with van der Waals surface area (Å²) in [6, 6.07) is 14.4. The van der Waals surface area contributed by atoms with E-state index in [4.69, 9.17) is 15.9 Å². The number of carbonyl (C=O) groups excluding carboxylic acids is 2. The van der Waals surface area contributed by atoms with Crippen molar-refractivity contribution in [1.29, 1.82) is 0 Å². The average molecular weight is 622 g/mol. The van der Waals surface area contributed by atoms with Crippen LogP contribution in [-0.4, -0.2) is 36.2 Å². The van der Waals surface area contributed by atoms with Crippen molar-refractivity contribution in [3.05, 3.63) is 79.7 Å². The Bertz CT molecular complexity index is 1310. The molecular weight excluding hydrogens is 589 g/mol. The summed E-state index contributed by atoms with van der Waals surface area (Å²) in [5.41, 5.74) is 5.91. The number of ketones is 2. The first-order chi connectivity index (χ1) is 18.5. The van der Waals surface area contributed by atoms with Crippen molar-refractivity contribution in [3.63, 3.8) is 0 Å². The Morgan fingerprint density at radius 3 is 2.24 bits per heavy atom. The van der Waals surface area contributed by atoms with E-state index < -0.39 is 0 Å². The quantitative estimate of drug-likeness (QED) is 0.254. The largest absolute Gasteiger partial charge is 0.490 e. The number of ether oxygens (including phenoxy) is 2. The highest BCUT2D eigenvalue weighted by Gasteiger charge is 2.43. The molecule has 196 valence electrons. The van der Waals surface area contributed by atoms with Gasteiger partial charge in [0.15, 0.2) is 23.1 Å². The highest BCUT2D eigenvalue weighted by Crippen LogP contribution is 2.50. The summed E-state index contributed by atoms with van der Waals surface area (Å²) in [4.78, 5) is 29.6. The Hall–Kier alpha value is -3.05. The van der Waals surface area contributed by atoms with Crippen LogP contribution in [0.5, 0.6) is 11.5 Å². The topological polar surface area (TPSA) is 55.8 Å². The van der Waals surface area contributed by atoms with E-state index in [0.717, 1.165) is 70.3 Å². The molecule has 1 heterocycles. The maximum absolute atomic E-state index is 13.6. The number of carbonyl (C=O) groups is 2. The number of benzene rings is 2. The summed E-state index contributed by atoms with van der Waals surface area (Å²) in [7, 11) is 0. The molecule has 2 aromatic rings. The van der Waals surface area contributed by atoms with E-state index in [9.17, 15) is 9.59 Å². The van der Waals surface area contributed by atoms with Gasteiger partial charge in [-0.2, -0.15) is 0 Å². The number of terminal acetylenes is 1. The van der Waals surface area contributed by atoms with Crippen molar-refractivity contribution in [2.75, 3.05) is 19.8 Å². The van der Waals surface area contributed by atoms with Crippen molar-refractivity contribution in [2.45, 2.75) is 57.8 Å². The molecule has 38 heavy (non-hydrogen) atoms. The van der Waals surface area contributed by atoms with Crippen LogP contribution in [0.15, 0.2) is 65.0 Å². The highest BCUT2D eigenvalue weighted by molar-refractivity contribution is 14.1. The monoisotopic (exact) mass is 621 g/mol. The number of allylic oxidation sites excluding steroid dienone is 4. The third-order valence-electron chi connectivity index (χ3n) is 7.52. The SMILES string of the molecule is C#CCOc1c(I)cc(C2C3=C(CCCC3=O)N(CCc3ccccc3)C3=C2C(=O)CCC3)cc1OCC. The molecule has 0 spiro atoms. The van der Waals surface area contributed by atoms with E-state index >= 15 is 0 Å². The molecule has 0 saturated heterocycles. The van der Waals surface area contributed by atoms with Crippen LogP contribution in [-0.2, 0) is 16.0 Å². The summed E-state index contributed by atoms with van der Waals surface area (Å²) in [5.74, 6) is 3.61. The summed E-state index contributed by atoms with van der Waals surface area (Å²) in [5, 5.41) is 0. The molecule has 0 bridgehead atoms. The average Bonchev–Trinajstić information content (AvgIpc) is 2.92. The van der Waals surface area contributed by atoms with E-state index in [1.165, 1.54) is 5.56 Å². The molecule has 6 heteroatoms. The maximum atomic E-state index is 13.6. The molecule has 5 nitrogen and oxygen atoms in total. The minimum Gasteiger partial charge on any atom is -0.490 e. The normalized spacial score (nSPS) is 17.8. The van der Waals surface area contributed by atoms with E-state index in [1.807, 2.05) is 25.1 Å². The fourth-order valence-corrected chi connectivity index (χ4v) is 6.76. The number of hydrogen-bond donors (Lipinski definition) is 0. The van der Waals surface area contributed by atoms with Crippen LogP contribution in [0.4, 0.5) is 0 Å². The second-order valence-corrected chi connectivity index (χ2v) is 11.0. The molecule has 0 saturated carbocycles. The summed E-state index contributed by atoms with van der Waals surface area (Å²) >= 11 is 2.23. The van der Waals surface area contributed by atoms with Crippen LogP contribution in [0, 0.1) is 15.9 Å². The van der Waals surface area contributed by atoms with E-state index in [2.05, 4.69) is 57.7 Å². The van der Waals surface area contributed by atoms with Crippen molar-refractivity contribution in [2.24, 2.45) is 0 Å². The van der Waals surface area contributed by atoms with Gasteiger partial charge in [0.05, 0.1) is 10.2 Å². The van der Waals surface area contributed by atoms with Gasteiger partial charge in [0.2, 0.25) is 0 Å². The fourth-order valence-electron chi connectivity index (χ4n) is 5.98. The van der Waals surface area contributed by atoms with Gasteiger partial charge in [0.1, 0.15) is 6.61 Å². The van der Waals surface area contributed by atoms with E-state index in [0.29, 0.717) is 30.9 Å². The van der Waals surface area contributed by atoms with Crippen LogP contribution < -0.4 is 9.47 Å². The number of rotatable bonds is 8. The van der Waals surface area contributed by atoms with Gasteiger partial charge in [-0.3, -0.25) is 9.59 Å². The van der Waals surface area contributed by atoms with Crippen molar-refractivity contribution < 1.29 is 19.1 Å². The molecule has 0 N–H and O–H groups in total. The van der Waals surface area contributed by atoms with Gasteiger partial charge in [-0.25, -0.2) is 0 Å². The molecular formula is C32H32INO4. The highest BCUT2D eigenvalue weighted by atomic mass is 127. The molecule has 3 aliphatic rings. The van der Waals surface area contributed by atoms with Gasteiger partial charge in [-0.05, 0) is 84.9 Å². The second-order valence-electron chi connectivity index (χ2n) is 9.85. The maximum Gasteiger partial charge on any atom is 0.175 e. The fraction of sp³-hybridized carbons (Fsp3) is 0.375. The first-order valence-corrected chi connectivity index (χ1v) is 14.5. The summed E-state index contributed by atoms with van der Waals surface area (Å²) < 4.78 is 12.6. The smallest absolute Gasteiger partial charge is 0.175 e. The van der Waals surface area contributed by atoms with Gasteiger partial charge in [-0.15, -0.1) is 6.42 Å². The lowest BCUT2D eigenvalue weighted by Gasteiger charge is -2.44. The summed E-state index contributed by atoms with van der Waals surface area (Å²) in [6.45, 7) is 3.28. The van der Waals surface area contributed by atoms with Crippen molar-refractivity contribution in [1.82, 2.24) is 4.90 Å². The van der Waals surface area contributed by atoms with Crippen LogP contribution in [0.2, 0.25) is 0 Å². The predicted octanol–water partition coefficient (Wildman–Crippen LogP) is 6.36. The minimum atomic E-state index is -0.386. The lowest BCUT2D eigenvalue weighted by molar-refractivity contribution is -0.117. The van der Waals surface area contributed by atoms with Gasteiger partial charge >= 0.3 is 0 Å². The van der Waals surface area contributed by atoms with Gasteiger partial charge in [0.25, 0.3) is 0 Å². The first-order valence-electron chi connectivity index (χ1n) is 13.4. The third kappa shape index (κ3) is 5.13. The Kier molecular flexibility index (Phi) is 8.23. The van der Waals surface area contributed by atoms with Gasteiger partial charge in [0, 0.05) is 47.8 Å². The standard InChI is InChI=1S/C32H32INO4/c1-3-18-38-32-23(33)19-22(20-28(32)37-4-2)29-30-24(12-8-14-26(30)35)34(17-16-21-10-6-5-7-11-21)25-13-9-15-27(36)31(25)29/h1,5-7,10-11,19-20,29H,4,8-9,12-18H2,2H3. The number of hydrogen-bond acceptors (Lipinski definition) is 5. The predicted molar refractivity (Wildman–Crippen MR) is 156 cm³/mol. The van der Waals surface area contributed by atoms with Crippen molar-refractivity contribution in [3.8, 4) is 23.8 Å². The van der Waals surface area contributed by atoms with Gasteiger partial charge < -0.3 is 14.4 Å². The van der Waals surface area contributed by atoms with Crippen molar-refractivity contribution >= 4 is 34.2 Å². The van der Waals surface area contributed by atoms with Crippen LogP contribution >= 0.6 is 22.6 Å². The Morgan fingerprint density at radius 1 is 0.974 bits per heavy atom. The summed E-state index contributed by atoms with van der Waals surface area (Å²) in [6.07, 6.45) is 10.7. The Labute approximate surface area is 238 Å². The Morgan fingerprint density at radius 2 is 1.63 bits per heavy atom. The van der Waals surface area contributed by atoms with Crippen LogP contribution in [0.3, 0.4) is 0 Å². The zero-order valence-electron chi connectivity index (χ0n) is 21.7. The molecule has 0 amide bonds. The van der Waals surface area contributed by atoms with E-state index in [1.54, 1.807) is 0 Å². The molecule has 5 rings (SSSR count). The Balaban J connectivity index is 1.64. The molecule has 1 aliphatic heterocycles. The van der Waals surface area contributed by atoms with Crippen LogP contribution in [0.25, 0.3) is 0 Å². The molecule has 2 aliphatic carbocycles. The second kappa shape index (κ2) is 11.8. The molecule has 2 aromatic carbocycles. The third-order valence-corrected chi connectivity index (χ3v) is 8.32. The lowest BCUT2D eigenvalue weighted by atomic mass is 9.71. The number of halogens is 1. The minimum absolute atomic E-state index is 0.136. The molecule has 0 atom stereocenters. The first kappa shape index (κ1) is 26.6. The zero-order chi connectivity index (χ0) is 26.6. The zero-order valence-corrected chi connectivity index (χ0v) is 23.9. The lowest BCUT2D eigenvalue weighted by Crippen LogP contribution is -2.40. The molecule has 0 radical (unpaired) electrons. The van der Waals surface area contributed by atoms with E-state index in [-0.39, 0.29) is 24.1 Å².